The highest BCUT2D eigenvalue weighted by Gasteiger charge is 2.34. The van der Waals surface area contributed by atoms with Gasteiger partial charge in [-0.2, -0.15) is 0 Å². The normalized spacial score (nSPS) is 19.5. The van der Waals surface area contributed by atoms with Crippen LogP contribution in [0, 0.1) is 0 Å². The quantitative estimate of drug-likeness (QED) is 0.731. The summed E-state index contributed by atoms with van der Waals surface area (Å²) in [7, 11) is 0. The molecule has 78 valence electrons. The highest BCUT2D eigenvalue weighted by atomic mass is 16.4. The first kappa shape index (κ1) is 9.64. The van der Waals surface area contributed by atoms with Gasteiger partial charge in [-0.3, -0.25) is 9.78 Å². The molecule has 0 saturated carbocycles. The minimum absolute atomic E-state index is 0.323. The molecule has 0 aromatic carbocycles. The van der Waals surface area contributed by atoms with Crippen molar-refractivity contribution in [2.45, 2.75) is 12.5 Å². The Balaban J connectivity index is 2.22. The van der Waals surface area contributed by atoms with Crippen molar-refractivity contribution in [3.63, 3.8) is 0 Å². The van der Waals surface area contributed by atoms with E-state index in [1.165, 1.54) is 6.20 Å². The molecule has 1 aromatic rings. The molecule has 1 unspecified atom stereocenters. The molecular formula is C10H10N2O3. The third kappa shape index (κ3) is 1.68. The van der Waals surface area contributed by atoms with Gasteiger partial charge in [0.1, 0.15) is 11.7 Å². The Morgan fingerprint density at radius 1 is 1.67 bits per heavy atom. The van der Waals surface area contributed by atoms with Gasteiger partial charge in [0.05, 0.1) is 0 Å². The lowest BCUT2D eigenvalue weighted by atomic mass is 10.0. The van der Waals surface area contributed by atoms with Crippen LogP contribution in [-0.4, -0.2) is 34.9 Å². The van der Waals surface area contributed by atoms with Crippen molar-refractivity contribution in [1.82, 2.24) is 4.98 Å². The number of hydrogen-bond acceptors (Lipinski definition) is 4. The molecule has 1 fully saturated rings. The Labute approximate surface area is 86.3 Å². The molecule has 1 aliphatic rings. The molecule has 0 bridgehead atoms. The molecule has 1 atom stereocenters. The second-order valence-corrected chi connectivity index (χ2v) is 3.39. The van der Waals surface area contributed by atoms with Gasteiger partial charge in [-0.05, 0) is 18.6 Å². The number of aliphatic carboxylic acids is 1. The molecule has 1 aromatic heterocycles. The molecule has 5 heteroatoms. The van der Waals surface area contributed by atoms with E-state index in [4.69, 9.17) is 5.11 Å². The number of carboxylic acids is 1. The van der Waals surface area contributed by atoms with Crippen LogP contribution in [0.4, 0.5) is 5.69 Å². The number of pyridine rings is 1. The number of carboxylic acid groups (broad SMARTS) is 1. The Bertz CT molecular complexity index is 405. The van der Waals surface area contributed by atoms with E-state index in [0.29, 0.717) is 24.9 Å². The van der Waals surface area contributed by atoms with Crippen LogP contribution in [0.5, 0.6) is 0 Å². The molecule has 0 aliphatic carbocycles. The maximum atomic E-state index is 10.8. The summed E-state index contributed by atoms with van der Waals surface area (Å²) >= 11 is 0. The predicted octanol–water partition coefficient (Wildman–Crippen LogP) is 0.557. The summed E-state index contributed by atoms with van der Waals surface area (Å²) in [6, 6.07) is 2.84. The molecule has 2 rings (SSSR count). The monoisotopic (exact) mass is 206 g/mol. The van der Waals surface area contributed by atoms with E-state index in [1.807, 2.05) is 0 Å². The number of nitrogens with zero attached hydrogens (tertiary/aromatic N) is 2. The van der Waals surface area contributed by atoms with Crippen molar-refractivity contribution in [3.05, 3.63) is 24.0 Å². The van der Waals surface area contributed by atoms with Gasteiger partial charge >= 0.3 is 5.97 Å². The zero-order chi connectivity index (χ0) is 10.8. The van der Waals surface area contributed by atoms with Crippen molar-refractivity contribution >= 4 is 17.9 Å². The molecular weight excluding hydrogens is 196 g/mol. The highest BCUT2D eigenvalue weighted by molar-refractivity contribution is 5.81. The third-order valence-electron chi connectivity index (χ3n) is 2.52. The van der Waals surface area contributed by atoms with E-state index >= 15 is 0 Å². The smallest absolute Gasteiger partial charge is 0.326 e. The molecule has 0 spiro atoms. The van der Waals surface area contributed by atoms with Crippen molar-refractivity contribution in [1.29, 1.82) is 0 Å². The molecule has 0 amide bonds. The zero-order valence-corrected chi connectivity index (χ0v) is 7.96. The van der Waals surface area contributed by atoms with E-state index in [2.05, 4.69) is 4.98 Å². The Morgan fingerprint density at radius 3 is 3.00 bits per heavy atom. The van der Waals surface area contributed by atoms with Gasteiger partial charge in [-0.25, -0.2) is 4.79 Å². The highest BCUT2D eigenvalue weighted by Crippen LogP contribution is 2.26. The van der Waals surface area contributed by atoms with Crippen LogP contribution in [0.2, 0.25) is 0 Å². The molecule has 5 nitrogen and oxygen atoms in total. The van der Waals surface area contributed by atoms with E-state index in [-0.39, 0.29) is 0 Å². The van der Waals surface area contributed by atoms with E-state index in [0.717, 1.165) is 5.69 Å². The maximum Gasteiger partial charge on any atom is 0.326 e. The fraction of sp³-hybridized carbons (Fsp3) is 0.300. The molecule has 2 heterocycles. The SMILES string of the molecule is O=Cc1cc(N2CCC2C(=O)O)ccn1. The summed E-state index contributed by atoms with van der Waals surface area (Å²) in [6.07, 6.45) is 2.81. The van der Waals surface area contributed by atoms with Gasteiger partial charge in [-0.15, -0.1) is 0 Å². The van der Waals surface area contributed by atoms with Crippen LogP contribution < -0.4 is 4.90 Å². The van der Waals surface area contributed by atoms with Gasteiger partial charge in [0.25, 0.3) is 0 Å². The van der Waals surface area contributed by atoms with Crippen LogP contribution in [-0.2, 0) is 4.79 Å². The summed E-state index contributed by atoms with van der Waals surface area (Å²) in [4.78, 5) is 26.9. The maximum absolute atomic E-state index is 10.8. The molecule has 1 saturated heterocycles. The molecule has 15 heavy (non-hydrogen) atoms. The third-order valence-corrected chi connectivity index (χ3v) is 2.52. The van der Waals surface area contributed by atoms with E-state index in [9.17, 15) is 9.59 Å². The largest absolute Gasteiger partial charge is 0.480 e. The molecule has 1 N–H and O–H groups in total. The summed E-state index contributed by atoms with van der Waals surface area (Å²) in [5.74, 6) is -0.828. The van der Waals surface area contributed by atoms with Gasteiger partial charge in [0.15, 0.2) is 6.29 Å². The van der Waals surface area contributed by atoms with Gasteiger partial charge in [-0.1, -0.05) is 0 Å². The number of carbonyl (C=O) groups excluding carboxylic acids is 1. The van der Waals surface area contributed by atoms with E-state index in [1.54, 1.807) is 17.0 Å². The average Bonchev–Trinajstić information content (AvgIpc) is 2.15. The number of anilines is 1. The van der Waals surface area contributed by atoms with Gasteiger partial charge in [0.2, 0.25) is 0 Å². The Kier molecular flexibility index (Phi) is 2.37. The Hall–Kier alpha value is -1.91. The molecule has 1 aliphatic heterocycles. The fourth-order valence-corrected chi connectivity index (χ4v) is 1.63. The van der Waals surface area contributed by atoms with Crippen molar-refractivity contribution in [3.8, 4) is 0 Å². The lowest BCUT2D eigenvalue weighted by molar-refractivity contribution is -0.139. The summed E-state index contributed by atoms with van der Waals surface area (Å²) in [6.45, 7) is 0.708. The predicted molar refractivity (Wildman–Crippen MR) is 53.0 cm³/mol. The molecule has 0 radical (unpaired) electrons. The number of carbonyl (C=O) groups is 2. The van der Waals surface area contributed by atoms with Crippen LogP contribution in [0.1, 0.15) is 16.9 Å². The topological polar surface area (TPSA) is 70.5 Å². The zero-order valence-electron chi connectivity index (χ0n) is 7.96. The van der Waals surface area contributed by atoms with Crippen LogP contribution in [0.3, 0.4) is 0 Å². The minimum Gasteiger partial charge on any atom is -0.480 e. The minimum atomic E-state index is -0.828. The first-order valence-corrected chi connectivity index (χ1v) is 4.63. The van der Waals surface area contributed by atoms with Crippen molar-refractivity contribution < 1.29 is 14.7 Å². The number of hydrogen-bond donors (Lipinski definition) is 1. The first-order valence-electron chi connectivity index (χ1n) is 4.63. The number of rotatable bonds is 3. The van der Waals surface area contributed by atoms with Crippen molar-refractivity contribution in [2.75, 3.05) is 11.4 Å². The van der Waals surface area contributed by atoms with Crippen molar-refractivity contribution in [2.24, 2.45) is 0 Å². The van der Waals surface area contributed by atoms with Crippen LogP contribution >= 0.6 is 0 Å². The van der Waals surface area contributed by atoms with Crippen LogP contribution in [0.25, 0.3) is 0 Å². The average molecular weight is 206 g/mol. The van der Waals surface area contributed by atoms with Gasteiger partial charge < -0.3 is 10.0 Å². The fourth-order valence-electron chi connectivity index (χ4n) is 1.63. The lowest BCUT2D eigenvalue weighted by Gasteiger charge is -2.39. The lowest BCUT2D eigenvalue weighted by Crippen LogP contribution is -2.52. The summed E-state index contributed by atoms with van der Waals surface area (Å²) in [5, 5.41) is 8.86. The second kappa shape index (κ2) is 3.68. The van der Waals surface area contributed by atoms with E-state index < -0.39 is 12.0 Å². The summed E-state index contributed by atoms with van der Waals surface area (Å²) < 4.78 is 0. The number of aldehydes is 1. The standard InChI is InChI=1S/C10H10N2O3/c13-6-7-5-8(1-3-11-7)12-4-2-9(12)10(14)15/h1,3,5-6,9H,2,4H2,(H,14,15). The summed E-state index contributed by atoms with van der Waals surface area (Å²) in [5.41, 5.74) is 1.06. The van der Waals surface area contributed by atoms with Crippen LogP contribution in [0.15, 0.2) is 18.3 Å². The second-order valence-electron chi connectivity index (χ2n) is 3.39. The van der Waals surface area contributed by atoms with Gasteiger partial charge in [0, 0.05) is 18.4 Å². The number of aromatic nitrogens is 1. The first-order chi connectivity index (χ1) is 7.22. The Morgan fingerprint density at radius 2 is 2.47 bits per heavy atom.